The minimum Gasteiger partial charge on any atom is -0.337 e. The van der Waals surface area contributed by atoms with E-state index >= 15 is 0 Å². The summed E-state index contributed by atoms with van der Waals surface area (Å²) >= 11 is 0. The van der Waals surface area contributed by atoms with Gasteiger partial charge in [0.25, 0.3) is 0 Å². The van der Waals surface area contributed by atoms with Crippen LogP contribution in [0.5, 0.6) is 0 Å². The molecule has 1 heterocycles. The van der Waals surface area contributed by atoms with Gasteiger partial charge in [-0.3, -0.25) is 0 Å². The summed E-state index contributed by atoms with van der Waals surface area (Å²) in [5.41, 5.74) is 6.29. The Kier molecular flexibility index (Phi) is 1.97. The van der Waals surface area contributed by atoms with E-state index < -0.39 is 0 Å². The molecule has 0 bridgehead atoms. The zero-order valence-electron chi connectivity index (χ0n) is 9.99. The van der Waals surface area contributed by atoms with Gasteiger partial charge in [0.15, 0.2) is 5.82 Å². The highest BCUT2D eigenvalue weighted by atomic mass is 16.5. The molecule has 1 atom stereocenters. The van der Waals surface area contributed by atoms with E-state index in [-0.39, 0.29) is 5.54 Å². The fourth-order valence-electron chi connectivity index (χ4n) is 2.71. The van der Waals surface area contributed by atoms with Crippen LogP contribution in [0.3, 0.4) is 0 Å². The van der Waals surface area contributed by atoms with Crippen LogP contribution in [0.2, 0.25) is 0 Å². The maximum absolute atomic E-state index is 6.29. The molecule has 1 aromatic heterocycles. The van der Waals surface area contributed by atoms with Crippen molar-refractivity contribution in [2.24, 2.45) is 11.1 Å². The zero-order chi connectivity index (χ0) is 11.4. The first kappa shape index (κ1) is 10.3. The molecule has 0 aliphatic heterocycles. The fraction of sp³-hybridized carbons (Fsp3) is 0.833. The van der Waals surface area contributed by atoms with Crippen molar-refractivity contribution in [3.05, 3.63) is 11.7 Å². The molecule has 2 N–H and O–H groups in total. The minimum absolute atomic E-state index is 0.343. The third kappa shape index (κ3) is 1.47. The first-order valence-electron chi connectivity index (χ1n) is 6.14. The van der Waals surface area contributed by atoms with Gasteiger partial charge in [0.1, 0.15) is 0 Å². The van der Waals surface area contributed by atoms with Crippen LogP contribution in [0.1, 0.15) is 63.6 Å². The molecule has 3 rings (SSSR count). The molecule has 88 valence electrons. The summed E-state index contributed by atoms with van der Waals surface area (Å²) in [5, 5.41) is 4.10. The van der Waals surface area contributed by atoms with E-state index in [1.54, 1.807) is 0 Å². The van der Waals surface area contributed by atoms with Crippen molar-refractivity contribution in [3.8, 4) is 0 Å². The Hall–Kier alpha value is -0.900. The molecule has 0 saturated heterocycles. The van der Waals surface area contributed by atoms with Crippen LogP contribution in [-0.4, -0.2) is 10.1 Å². The van der Waals surface area contributed by atoms with Gasteiger partial charge in [0.2, 0.25) is 5.89 Å². The van der Waals surface area contributed by atoms with Crippen molar-refractivity contribution in [3.63, 3.8) is 0 Å². The Morgan fingerprint density at radius 2 is 1.94 bits per heavy atom. The van der Waals surface area contributed by atoms with Crippen LogP contribution < -0.4 is 5.73 Å². The van der Waals surface area contributed by atoms with Crippen molar-refractivity contribution < 1.29 is 4.52 Å². The summed E-state index contributed by atoms with van der Waals surface area (Å²) in [6, 6.07) is 0. The molecule has 2 fully saturated rings. The lowest BCUT2D eigenvalue weighted by Crippen LogP contribution is -2.33. The standard InChI is InChI=1S/C12H19N3O/c1-11(2)7-8(11)9-14-10(16-15-9)12(13)5-3-4-6-12/h8H,3-7,13H2,1-2H3. The van der Waals surface area contributed by atoms with Crippen LogP contribution in [0.4, 0.5) is 0 Å². The average molecular weight is 221 g/mol. The van der Waals surface area contributed by atoms with Crippen LogP contribution in [0, 0.1) is 5.41 Å². The molecule has 1 aromatic rings. The quantitative estimate of drug-likeness (QED) is 0.832. The Morgan fingerprint density at radius 3 is 2.50 bits per heavy atom. The molecule has 0 aromatic carbocycles. The molecule has 2 saturated carbocycles. The topological polar surface area (TPSA) is 64.9 Å². The Morgan fingerprint density at radius 1 is 1.31 bits per heavy atom. The molecule has 2 aliphatic carbocycles. The van der Waals surface area contributed by atoms with E-state index in [0.29, 0.717) is 17.2 Å². The van der Waals surface area contributed by atoms with Gasteiger partial charge in [-0.25, -0.2) is 0 Å². The Balaban J connectivity index is 1.83. The van der Waals surface area contributed by atoms with Crippen molar-refractivity contribution >= 4 is 0 Å². The molecule has 0 spiro atoms. The molecule has 0 amide bonds. The van der Waals surface area contributed by atoms with Gasteiger partial charge in [-0.1, -0.05) is 31.8 Å². The monoisotopic (exact) mass is 221 g/mol. The van der Waals surface area contributed by atoms with Gasteiger partial charge in [0.05, 0.1) is 5.54 Å². The normalized spacial score (nSPS) is 30.6. The zero-order valence-corrected chi connectivity index (χ0v) is 9.99. The molecule has 2 aliphatic rings. The second-order valence-corrected chi connectivity index (χ2v) is 6.07. The van der Waals surface area contributed by atoms with Crippen LogP contribution in [-0.2, 0) is 5.54 Å². The Bertz CT molecular complexity index is 404. The summed E-state index contributed by atoms with van der Waals surface area (Å²) in [4.78, 5) is 4.52. The van der Waals surface area contributed by atoms with Gasteiger partial charge in [0, 0.05) is 5.92 Å². The van der Waals surface area contributed by atoms with Crippen molar-refractivity contribution in [2.75, 3.05) is 0 Å². The van der Waals surface area contributed by atoms with Gasteiger partial charge < -0.3 is 10.3 Å². The lowest BCUT2D eigenvalue weighted by molar-refractivity contribution is 0.283. The van der Waals surface area contributed by atoms with E-state index in [9.17, 15) is 0 Å². The van der Waals surface area contributed by atoms with Gasteiger partial charge in [-0.05, 0) is 24.7 Å². The lowest BCUT2D eigenvalue weighted by Gasteiger charge is -2.17. The highest BCUT2D eigenvalue weighted by molar-refractivity contribution is 5.16. The van der Waals surface area contributed by atoms with Crippen molar-refractivity contribution in [1.82, 2.24) is 10.1 Å². The third-order valence-corrected chi connectivity index (χ3v) is 4.19. The molecular formula is C12H19N3O. The second kappa shape index (κ2) is 3.06. The average Bonchev–Trinajstić information content (AvgIpc) is 2.68. The predicted octanol–water partition coefficient (Wildman–Crippen LogP) is 2.31. The molecule has 16 heavy (non-hydrogen) atoms. The van der Waals surface area contributed by atoms with Crippen LogP contribution >= 0.6 is 0 Å². The lowest BCUT2D eigenvalue weighted by atomic mass is 9.99. The van der Waals surface area contributed by atoms with E-state index in [1.807, 2.05) is 0 Å². The minimum atomic E-state index is -0.343. The SMILES string of the molecule is CC1(C)CC1c1noc(C2(N)CCCC2)n1. The van der Waals surface area contributed by atoms with E-state index in [1.165, 1.54) is 12.8 Å². The number of nitrogens with two attached hydrogens (primary N) is 1. The first-order chi connectivity index (χ1) is 7.51. The number of rotatable bonds is 2. The number of hydrogen-bond donors (Lipinski definition) is 1. The summed E-state index contributed by atoms with van der Waals surface area (Å²) in [5.74, 6) is 1.98. The molecule has 4 heteroatoms. The highest BCUT2D eigenvalue weighted by Crippen LogP contribution is 2.57. The van der Waals surface area contributed by atoms with Gasteiger partial charge in [-0.15, -0.1) is 0 Å². The molecular weight excluding hydrogens is 202 g/mol. The van der Waals surface area contributed by atoms with Crippen LogP contribution in [0.15, 0.2) is 4.52 Å². The van der Waals surface area contributed by atoms with Gasteiger partial charge >= 0.3 is 0 Å². The predicted molar refractivity (Wildman–Crippen MR) is 59.8 cm³/mol. The molecule has 0 radical (unpaired) electrons. The van der Waals surface area contributed by atoms with Gasteiger partial charge in [-0.2, -0.15) is 4.98 Å². The summed E-state index contributed by atoms with van der Waals surface area (Å²) in [7, 11) is 0. The number of aromatic nitrogens is 2. The summed E-state index contributed by atoms with van der Waals surface area (Å²) < 4.78 is 5.36. The first-order valence-corrected chi connectivity index (χ1v) is 6.14. The third-order valence-electron chi connectivity index (χ3n) is 4.19. The maximum Gasteiger partial charge on any atom is 0.246 e. The van der Waals surface area contributed by atoms with Crippen LogP contribution in [0.25, 0.3) is 0 Å². The molecule has 1 unspecified atom stereocenters. The van der Waals surface area contributed by atoms with Crippen molar-refractivity contribution in [2.45, 2.75) is 57.4 Å². The Labute approximate surface area is 95.6 Å². The molecule has 4 nitrogen and oxygen atoms in total. The van der Waals surface area contributed by atoms with E-state index in [2.05, 4.69) is 24.0 Å². The number of nitrogens with zero attached hydrogens (tertiary/aromatic N) is 2. The summed E-state index contributed by atoms with van der Waals surface area (Å²) in [6.07, 6.45) is 5.45. The second-order valence-electron chi connectivity index (χ2n) is 6.07. The highest BCUT2D eigenvalue weighted by Gasteiger charge is 2.50. The van der Waals surface area contributed by atoms with E-state index in [0.717, 1.165) is 25.1 Å². The van der Waals surface area contributed by atoms with E-state index in [4.69, 9.17) is 10.3 Å². The summed E-state index contributed by atoms with van der Waals surface area (Å²) in [6.45, 7) is 4.48. The largest absolute Gasteiger partial charge is 0.337 e. The number of hydrogen-bond acceptors (Lipinski definition) is 4. The maximum atomic E-state index is 6.29. The fourth-order valence-corrected chi connectivity index (χ4v) is 2.71. The smallest absolute Gasteiger partial charge is 0.246 e. The van der Waals surface area contributed by atoms with Crippen molar-refractivity contribution in [1.29, 1.82) is 0 Å².